The summed E-state index contributed by atoms with van der Waals surface area (Å²) < 4.78 is 3.06. The fourth-order valence-electron chi connectivity index (χ4n) is 2.11. The van der Waals surface area contributed by atoms with Crippen molar-refractivity contribution in [3.8, 4) is 0 Å². The van der Waals surface area contributed by atoms with E-state index < -0.39 is 0 Å². The Bertz CT molecular complexity index is 674. The van der Waals surface area contributed by atoms with E-state index in [0.29, 0.717) is 32.3 Å². The van der Waals surface area contributed by atoms with Crippen LogP contribution >= 0.6 is 23.2 Å². The van der Waals surface area contributed by atoms with Gasteiger partial charge in [-0.15, -0.1) is 0 Å². The second-order valence-corrected chi connectivity index (χ2v) is 8.13. The molecule has 0 saturated carbocycles. The van der Waals surface area contributed by atoms with E-state index >= 15 is 0 Å². The number of hydrogen-bond acceptors (Lipinski definition) is 2. The van der Waals surface area contributed by atoms with Gasteiger partial charge >= 0.3 is 147 Å². The van der Waals surface area contributed by atoms with Gasteiger partial charge in [0.2, 0.25) is 0 Å². The topological polar surface area (TPSA) is 34.9 Å². The molecule has 0 spiro atoms. The van der Waals surface area contributed by atoms with Gasteiger partial charge < -0.3 is 0 Å². The molecule has 6 heteroatoms. The van der Waals surface area contributed by atoms with Crippen molar-refractivity contribution in [2.45, 2.75) is 38.1 Å². The van der Waals surface area contributed by atoms with Crippen LogP contribution in [-0.2, 0) is 6.54 Å². The SMILES string of the molecule is Cc1c(Cl)nc(Cl)c(=O)n1CCCCC[Se]c1ccccc1. The first-order valence-corrected chi connectivity index (χ1v) is 10.0. The molecule has 0 unspecified atom stereocenters. The maximum atomic E-state index is 12.0. The van der Waals surface area contributed by atoms with Crippen molar-refractivity contribution < 1.29 is 0 Å². The number of aromatic nitrogens is 2. The first kappa shape index (κ1) is 17.6. The molecule has 22 heavy (non-hydrogen) atoms. The molecule has 0 fully saturated rings. The summed E-state index contributed by atoms with van der Waals surface area (Å²) in [4.78, 5) is 15.8. The maximum absolute atomic E-state index is 12.0. The third kappa shape index (κ3) is 4.85. The molecule has 1 aromatic heterocycles. The second-order valence-electron chi connectivity index (χ2n) is 4.96. The summed E-state index contributed by atoms with van der Waals surface area (Å²) >= 11 is 12.3. The van der Waals surface area contributed by atoms with E-state index in [2.05, 4.69) is 29.2 Å². The van der Waals surface area contributed by atoms with Crippen molar-refractivity contribution in [2.75, 3.05) is 0 Å². The summed E-state index contributed by atoms with van der Waals surface area (Å²) in [5.74, 6) is 0. The molecule has 0 atom stereocenters. The van der Waals surface area contributed by atoms with Crippen molar-refractivity contribution >= 4 is 42.6 Å². The Labute approximate surface area is 146 Å². The zero-order valence-electron chi connectivity index (χ0n) is 12.4. The molecular weight excluding hydrogens is 386 g/mol. The van der Waals surface area contributed by atoms with Gasteiger partial charge in [-0.25, -0.2) is 0 Å². The molecule has 0 amide bonds. The number of nitrogens with zero attached hydrogens (tertiary/aromatic N) is 2. The molecule has 0 saturated heterocycles. The first-order chi connectivity index (χ1) is 10.6. The number of benzene rings is 1. The molecule has 118 valence electrons. The zero-order valence-corrected chi connectivity index (χ0v) is 15.6. The average molecular weight is 404 g/mol. The Morgan fingerprint density at radius 3 is 2.55 bits per heavy atom. The van der Waals surface area contributed by atoms with Gasteiger partial charge in [-0.3, -0.25) is 0 Å². The molecule has 0 aliphatic carbocycles. The van der Waals surface area contributed by atoms with Gasteiger partial charge in [-0.1, -0.05) is 0 Å². The Morgan fingerprint density at radius 1 is 1.09 bits per heavy atom. The van der Waals surface area contributed by atoms with Crippen LogP contribution in [-0.4, -0.2) is 24.5 Å². The Kier molecular flexibility index (Phi) is 6.97. The summed E-state index contributed by atoms with van der Waals surface area (Å²) in [6.07, 6.45) is 3.22. The Hall–Kier alpha value is -0.801. The summed E-state index contributed by atoms with van der Waals surface area (Å²) in [6, 6.07) is 10.6. The molecule has 0 aliphatic rings. The predicted octanol–water partition coefficient (Wildman–Crippen LogP) is 3.48. The number of rotatable bonds is 7. The standard InChI is InChI=1S/C16H18Cl2N2OSe/c1-12-14(17)19-15(18)16(21)20(12)10-6-3-7-11-22-13-8-4-2-5-9-13/h2,4-5,8-9H,3,6-7,10-11H2,1H3. The second kappa shape index (κ2) is 8.73. The fraction of sp³-hybridized carbons (Fsp3) is 0.375. The van der Waals surface area contributed by atoms with Crippen LogP contribution in [0.5, 0.6) is 0 Å². The number of hydrogen-bond donors (Lipinski definition) is 0. The minimum absolute atomic E-state index is 0.0528. The molecule has 0 N–H and O–H groups in total. The molecule has 0 bridgehead atoms. The van der Waals surface area contributed by atoms with Crippen molar-refractivity contribution in [1.82, 2.24) is 9.55 Å². The minimum atomic E-state index is -0.253. The fourth-order valence-corrected chi connectivity index (χ4v) is 4.49. The molecule has 0 radical (unpaired) electrons. The van der Waals surface area contributed by atoms with Gasteiger partial charge in [-0.05, 0) is 0 Å². The van der Waals surface area contributed by atoms with Crippen LogP contribution in [0.2, 0.25) is 15.6 Å². The normalized spacial score (nSPS) is 10.9. The van der Waals surface area contributed by atoms with Crippen molar-refractivity contribution in [1.29, 1.82) is 0 Å². The first-order valence-electron chi connectivity index (χ1n) is 7.20. The molecule has 2 rings (SSSR count). The monoisotopic (exact) mass is 404 g/mol. The van der Waals surface area contributed by atoms with Crippen molar-refractivity contribution in [2.24, 2.45) is 0 Å². The molecule has 3 nitrogen and oxygen atoms in total. The van der Waals surface area contributed by atoms with E-state index in [9.17, 15) is 4.79 Å². The van der Waals surface area contributed by atoms with E-state index in [-0.39, 0.29) is 10.7 Å². The van der Waals surface area contributed by atoms with Crippen LogP contribution in [0.3, 0.4) is 0 Å². The zero-order chi connectivity index (χ0) is 15.9. The number of unbranched alkanes of at least 4 members (excludes halogenated alkanes) is 2. The van der Waals surface area contributed by atoms with E-state index in [1.807, 2.05) is 6.07 Å². The van der Waals surface area contributed by atoms with Gasteiger partial charge in [-0.2, -0.15) is 0 Å². The average Bonchev–Trinajstić information content (AvgIpc) is 2.52. The molecule has 0 aliphatic heterocycles. The molecule has 1 aromatic carbocycles. The van der Waals surface area contributed by atoms with Gasteiger partial charge in [0.05, 0.1) is 0 Å². The van der Waals surface area contributed by atoms with E-state index in [4.69, 9.17) is 23.2 Å². The summed E-state index contributed by atoms with van der Waals surface area (Å²) in [5.41, 5.74) is 0.432. The third-order valence-corrected chi connectivity index (χ3v) is 6.27. The summed E-state index contributed by atoms with van der Waals surface area (Å²) in [6.45, 7) is 2.44. The van der Waals surface area contributed by atoms with Crippen LogP contribution in [0.1, 0.15) is 25.0 Å². The summed E-state index contributed by atoms with van der Waals surface area (Å²) in [7, 11) is 0. The Morgan fingerprint density at radius 2 is 1.82 bits per heavy atom. The quantitative estimate of drug-likeness (QED) is 0.523. The molecular formula is C16H18Cl2N2OSe. The molecule has 2 aromatic rings. The van der Waals surface area contributed by atoms with E-state index in [1.165, 1.54) is 16.2 Å². The van der Waals surface area contributed by atoms with E-state index in [0.717, 1.165) is 12.8 Å². The summed E-state index contributed by atoms with van der Waals surface area (Å²) in [5, 5.41) is 1.47. The van der Waals surface area contributed by atoms with Crippen molar-refractivity contribution in [3.63, 3.8) is 0 Å². The predicted molar refractivity (Wildman–Crippen MR) is 93.7 cm³/mol. The van der Waals surface area contributed by atoms with Crippen LogP contribution in [0.15, 0.2) is 35.1 Å². The number of halogens is 2. The van der Waals surface area contributed by atoms with Crippen molar-refractivity contribution in [3.05, 3.63) is 56.7 Å². The van der Waals surface area contributed by atoms with Gasteiger partial charge in [0.1, 0.15) is 0 Å². The van der Waals surface area contributed by atoms with Gasteiger partial charge in [0.25, 0.3) is 0 Å². The van der Waals surface area contributed by atoms with Gasteiger partial charge in [0.15, 0.2) is 0 Å². The molecule has 1 heterocycles. The third-order valence-electron chi connectivity index (χ3n) is 3.36. The van der Waals surface area contributed by atoms with Crippen LogP contribution in [0, 0.1) is 6.92 Å². The van der Waals surface area contributed by atoms with Crippen LogP contribution < -0.4 is 10.0 Å². The van der Waals surface area contributed by atoms with Gasteiger partial charge in [0, 0.05) is 0 Å². The van der Waals surface area contributed by atoms with Crippen LogP contribution in [0.4, 0.5) is 0 Å². The van der Waals surface area contributed by atoms with E-state index in [1.54, 1.807) is 11.5 Å². The Balaban J connectivity index is 1.77. The van der Waals surface area contributed by atoms with Crippen LogP contribution in [0.25, 0.3) is 0 Å².